The third-order valence-electron chi connectivity index (χ3n) is 1.01. The standard InChI is InChI=1S/C6H11NO4/c1-3(7)6(10)11-4(2)5(8)9/h3-4H,7H2,1-2H3,(H,8,9)/t3-,4-/m0/s1. The van der Waals surface area contributed by atoms with Crippen LogP contribution in [0.5, 0.6) is 0 Å². The number of hydrogen-bond donors (Lipinski definition) is 2. The lowest BCUT2D eigenvalue weighted by Gasteiger charge is -2.09. The lowest BCUT2D eigenvalue weighted by atomic mass is 10.3. The molecule has 0 aromatic carbocycles. The Hall–Kier alpha value is -1.10. The topological polar surface area (TPSA) is 89.6 Å². The van der Waals surface area contributed by atoms with Crippen LogP contribution < -0.4 is 5.73 Å². The molecule has 5 nitrogen and oxygen atoms in total. The zero-order valence-corrected chi connectivity index (χ0v) is 6.40. The van der Waals surface area contributed by atoms with Gasteiger partial charge in [-0.05, 0) is 13.8 Å². The van der Waals surface area contributed by atoms with Gasteiger partial charge >= 0.3 is 11.9 Å². The van der Waals surface area contributed by atoms with Gasteiger partial charge < -0.3 is 15.6 Å². The summed E-state index contributed by atoms with van der Waals surface area (Å²) >= 11 is 0. The Balaban J connectivity index is 3.85. The Morgan fingerprint density at radius 2 is 1.91 bits per heavy atom. The number of nitrogens with two attached hydrogens (primary N) is 1. The summed E-state index contributed by atoms with van der Waals surface area (Å²) in [5.74, 6) is -1.89. The van der Waals surface area contributed by atoms with Crippen molar-refractivity contribution < 1.29 is 19.4 Å². The Morgan fingerprint density at radius 1 is 1.45 bits per heavy atom. The molecule has 0 spiro atoms. The average molecular weight is 161 g/mol. The maximum Gasteiger partial charge on any atom is 0.344 e. The van der Waals surface area contributed by atoms with Crippen LogP contribution in [0.25, 0.3) is 0 Å². The Labute approximate surface area is 64.1 Å². The van der Waals surface area contributed by atoms with Gasteiger partial charge in [-0.3, -0.25) is 4.79 Å². The molecule has 0 heterocycles. The Morgan fingerprint density at radius 3 is 2.18 bits per heavy atom. The molecule has 3 N–H and O–H groups in total. The number of ether oxygens (including phenoxy) is 1. The highest BCUT2D eigenvalue weighted by molar-refractivity contribution is 5.80. The summed E-state index contributed by atoms with van der Waals surface area (Å²) in [7, 11) is 0. The lowest BCUT2D eigenvalue weighted by Crippen LogP contribution is -2.34. The van der Waals surface area contributed by atoms with Crippen LogP contribution in [0, 0.1) is 0 Å². The van der Waals surface area contributed by atoms with Crippen molar-refractivity contribution in [3.8, 4) is 0 Å². The van der Waals surface area contributed by atoms with E-state index in [1.165, 1.54) is 13.8 Å². The zero-order valence-electron chi connectivity index (χ0n) is 6.40. The maximum atomic E-state index is 10.6. The number of esters is 1. The molecule has 0 fully saturated rings. The van der Waals surface area contributed by atoms with Gasteiger partial charge in [0, 0.05) is 0 Å². The minimum Gasteiger partial charge on any atom is -0.479 e. The first kappa shape index (κ1) is 9.90. The van der Waals surface area contributed by atoms with Crippen LogP contribution in [0.4, 0.5) is 0 Å². The van der Waals surface area contributed by atoms with E-state index in [9.17, 15) is 9.59 Å². The number of rotatable bonds is 3. The monoisotopic (exact) mass is 161 g/mol. The van der Waals surface area contributed by atoms with Gasteiger partial charge in [-0.2, -0.15) is 0 Å². The molecule has 0 radical (unpaired) electrons. The number of aliphatic carboxylic acids is 1. The normalized spacial score (nSPS) is 15.2. The van der Waals surface area contributed by atoms with Gasteiger partial charge in [0.25, 0.3) is 0 Å². The van der Waals surface area contributed by atoms with Crippen molar-refractivity contribution in [2.75, 3.05) is 0 Å². The van der Waals surface area contributed by atoms with E-state index < -0.39 is 24.1 Å². The molecule has 0 aliphatic carbocycles. The van der Waals surface area contributed by atoms with Gasteiger partial charge in [0.2, 0.25) is 0 Å². The van der Waals surface area contributed by atoms with Crippen molar-refractivity contribution in [1.82, 2.24) is 0 Å². The second-order valence-corrected chi connectivity index (χ2v) is 2.21. The quantitative estimate of drug-likeness (QED) is 0.537. The summed E-state index contributed by atoms with van der Waals surface area (Å²) in [5.41, 5.74) is 5.12. The maximum absolute atomic E-state index is 10.6. The first-order valence-corrected chi connectivity index (χ1v) is 3.14. The fraction of sp³-hybridized carbons (Fsp3) is 0.667. The van der Waals surface area contributed by atoms with E-state index >= 15 is 0 Å². The fourth-order valence-electron chi connectivity index (χ4n) is 0.332. The van der Waals surface area contributed by atoms with Crippen LogP contribution in [-0.4, -0.2) is 29.2 Å². The summed E-state index contributed by atoms with van der Waals surface area (Å²) in [6, 6.07) is -0.781. The van der Waals surface area contributed by atoms with Crippen molar-refractivity contribution >= 4 is 11.9 Å². The van der Waals surface area contributed by atoms with E-state index in [4.69, 9.17) is 10.8 Å². The number of carboxylic acid groups (broad SMARTS) is 1. The smallest absolute Gasteiger partial charge is 0.344 e. The van der Waals surface area contributed by atoms with Crippen LogP contribution in [0.1, 0.15) is 13.8 Å². The molecule has 11 heavy (non-hydrogen) atoms. The molecule has 0 aliphatic rings. The number of carbonyl (C=O) groups excluding carboxylic acids is 1. The van der Waals surface area contributed by atoms with E-state index in [-0.39, 0.29) is 0 Å². The summed E-state index contributed by atoms with van der Waals surface area (Å²) in [4.78, 5) is 20.8. The molecule has 0 saturated heterocycles. The van der Waals surface area contributed by atoms with E-state index in [0.717, 1.165) is 0 Å². The molecule has 0 aliphatic heterocycles. The van der Waals surface area contributed by atoms with Crippen LogP contribution in [0.2, 0.25) is 0 Å². The molecular formula is C6H11NO4. The highest BCUT2D eigenvalue weighted by atomic mass is 16.6. The largest absolute Gasteiger partial charge is 0.479 e. The van der Waals surface area contributed by atoms with Gasteiger partial charge in [0.05, 0.1) is 0 Å². The summed E-state index contributed by atoms with van der Waals surface area (Å²) in [6.45, 7) is 2.69. The van der Waals surface area contributed by atoms with Crippen molar-refractivity contribution in [2.45, 2.75) is 26.0 Å². The molecule has 0 aromatic rings. The Kier molecular flexibility index (Phi) is 3.53. The highest BCUT2D eigenvalue weighted by Crippen LogP contribution is 1.93. The average Bonchev–Trinajstić information content (AvgIpc) is 1.87. The predicted molar refractivity (Wildman–Crippen MR) is 36.8 cm³/mol. The molecule has 2 atom stereocenters. The molecule has 0 unspecified atom stereocenters. The summed E-state index contributed by atoms with van der Waals surface area (Å²) < 4.78 is 4.41. The first-order chi connectivity index (χ1) is 4.95. The van der Waals surface area contributed by atoms with E-state index in [2.05, 4.69) is 4.74 Å². The van der Waals surface area contributed by atoms with Crippen LogP contribution >= 0.6 is 0 Å². The second-order valence-electron chi connectivity index (χ2n) is 2.21. The minimum absolute atomic E-state index is 0.708. The van der Waals surface area contributed by atoms with Crippen LogP contribution in [0.3, 0.4) is 0 Å². The van der Waals surface area contributed by atoms with Crippen molar-refractivity contribution in [2.24, 2.45) is 5.73 Å². The fourth-order valence-corrected chi connectivity index (χ4v) is 0.332. The minimum atomic E-state index is -1.18. The molecule has 5 heteroatoms. The van der Waals surface area contributed by atoms with Crippen LogP contribution in [-0.2, 0) is 14.3 Å². The van der Waals surface area contributed by atoms with Gasteiger partial charge in [-0.1, -0.05) is 0 Å². The van der Waals surface area contributed by atoms with Gasteiger partial charge in [-0.25, -0.2) is 4.79 Å². The molecule has 0 aromatic heterocycles. The third-order valence-corrected chi connectivity index (χ3v) is 1.01. The Bertz CT molecular complexity index is 166. The SMILES string of the molecule is C[C@H](N)C(=O)O[C@@H](C)C(=O)O. The number of carbonyl (C=O) groups is 2. The molecule has 0 saturated carbocycles. The molecule has 0 bridgehead atoms. The predicted octanol–water partition coefficient (Wildman–Crippen LogP) is -0.650. The van der Waals surface area contributed by atoms with Crippen LogP contribution in [0.15, 0.2) is 0 Å². The number of carboxylic acids is 1. The first-order valence-electron chi connectivity index (χ1n) is 3.14. The second kappa shape index (κ2) is 3.92. The lowest BCUT2D eigenvalue weighted by molar-refractivity contribution is -0.163. The molecular weight excluding hydrogens is 150 g/mol. The molecule has 0 amide bonds. The zero-order chi connectivity index (χ0) is 9.02. The summed E-state index contributed by atoms with van der Waals surface area (Å²) in [5, 5.41) is 8.29. The third kappa shape index (κ3) is 3.57. The van der Waals surface area contributed by atoms with E-state index in [1.54, 1.807) is 0 Å². The van der Waals surface area contributed by atoms with E-state index in [1.807, 2.05) is 0 Å². The van der Waals surface area contributed by atoms with Crippen molar-refractivity contribution in [3.63, 3.8) is 0 Å². The number of hydrogen-bond acceptors (Lipinski definition) is 4. The summed E-state index contributed by atoms with van der Waals surface area (Å²) in [6.07, 6.45) is -1.13. The van der Waals surface area contributed by atoms with Gasteiger partial charge in [0.15, 0.2) is 6.10 Å². The van der Waals surface area contributed by atoms with Gasteiger partial charge in [-0.15, -0.1) is 0 Å². The van der Waals surface area contributed by atoms with Gasteiger partial charge in [0.1, 0.15) is 6.04 Å². The molecule has 0 rings (SSSR count). The van der Waals surface area contributed by atoms with Crippen molar-refractivity contribution in [3.05, 3.63) is 0 Å². The van der Waals surface area contributed by atoms with Crippen molar-refractivity contribution in [1.29, 1.82) is 0 Å². The molecule has 64 valence electrons. The van der Waals surface area contributed by atoms with E-state index in [0.29, 0.717) is 0 Å². The highest BCUT2D eigenvalue weighted by Gasteiger charge is 2.18.